The lowest BCUT2D eigenvalue weighted by Crippen LogP contribution is -1.97. The molecule has 0 aliphatic rings. The van der Waals surface area contributed by atoms with Crippen molar-refractivity contribution < 1.29 is 29.0 Å². The molecule has 0 fully saturated rings. The standard InChI is InChI=1S/C16H12N2O6/c1-10-2-12(6-14(3-10)23-8-19)17-18-13-4-11(16(21)22)5-15(7-13)24-9-20/h2-9H,1H3,(H,21,22)/b18-17+. The summed E-state index contributed by atoms with van der Waals surface area (Å²) in [5.74, 6) is -0.851. The van der Waals surface area contributed by atoms with E-state index in [0.717, 1.165) is 5.56 Å². The number of carbonyl (C=O) groups is 3. The maximum Gasteiger partial charge on any atom is 0.335 e. The molecule has 1 N–H and O–H groups in total. The van der Waals surface area contributed by atoms with Crippen molar-refractivity contribution in [2.75, 3.05) is 0 Å². The van der Waals surface area contributed by atoms with Gasteiger partial charge >= 0.3 is 5.97 Å². The average Bonchev–Trinajstić information content (AvgIpc) is 2.53. The van der Waals surface area contributed by atoms with Crippen LogP contribution in [-0.2, 0) is 9.59 Å². The largest absolute Gasteiger partial charge is 0.478 e. The van der Waals surface area contributed by atoms with Gasteiger partial charge in [0.2, 0.25) is 0 Å². The van der Waals surface area contributed by atoms with Gasteiger partial charge in [0.05, 0.1) is 16.9 Å². The SMILES string of the molecule is Cc1cc(/N=N/c2cc(OC=O)cc(C(=O)O)c2)cc(OC=O)c1. The number of aromatic carboxylic acids is 1. The molecule has 0 spiro atoms. The van der Waals surface area contributed by atoms with E-state index in [1.54, 1.807) is 19.1 Å². The van der Waals surface area contributed by atoms with E-state index in [-0.39, 0.29) is 23.5 Å². The van der Waals surface area contributed by atoms with E-state index in [2.05, 4.69) is 15.0 Å². The van der Waals surface area contributed by atoms with E-state index in [0.29, 0.717) is 17.9 Å². The normalized spacial score (nSPS) is 10.4. The summed E-state index contributed by atoms with van der Waals surface area (Å²) < 4.78 is 9.42. The first-order valence-electron chi connectivity index (χ1n) is 6.64. The summed E-state index contributed by atoms with van der Waals surface area (Å²) in [6.45, 7) is 2.28. The Balaban J connectivity index is 2.35. The number of rotatable bonds is 7. The maximum atomic E-state index is 11.1. The molecule has 24 heavy (non-hydrogen) atoms. The molecule has 0 saturated carbocycles. The molecule has 0 aliphatic carbocycles. The fourth-order valence-corrected chi connectivity index (χ4v) is 1.91. The average molecular weight is 328 g/mol. The van der Waals surface area contributed by atoms with Crippen molar-refractivity contribution in [1.82, 2.24) is 0 Å². The Morgan fingerprint density at radius 3 is 2.00 bits per heavy atom. The molecule has 0 heterocycles. The molecule has 0 amide bonds. The van der Waals surface area contributed by atoms with Crippen LogP contribution in [0.25, 0.3) is 0 Å². The number of carbonyl (C=O) groups excluding carboxylic acids is 2. The first-order chi connectivity index (χ1) is 11.5. The minimum Gasteiger partial charge on any atom is -0.478 e. The van der Waals surface area contributed by atoms with Crippen molar-refractivity contribution in [1.29, 1.82) is 0 Å². The number of carboxylic acid groups (broad SMARTS) is 1. The fraction of sp³-hybridized carbons (Fsp3) is 0.0625. The summed E-state index contributed by atoms with van der Waals surface area (Å²) in [7, 11) is 0. The Labute approximate surface area is 136 Å². The Morgan fingerprint density at radius 2 is 1.46 bits per heavy atom. The number of aryl methyl sites for hydroxylation is 1. The first-order valence-corrected chi connectivity index (χ1v) is 6.64. The van der Waals surface area contributed by atoms with Crippen molar-refractivity contribution in [3.63, 3.8) is 0 Å². The van der Waals surface area contributed by atoms with Crippen LogP contribution in [0.3, 0.4) is 0 Å². The van der Waals surface area contributed by atoms with Crippen LogP contribution in [0.5, 0.6) is 11.5 Å². The third-order valence-corrected chi connectivity index (χ3v) is 2.82. The van der Waals surface area contributed by atoms with Gasteiger partial charge in [-0.1, -0.05) is 0 Å². The Morgan fingerprint density at radius 1 is 0.917 bits per heavy atom. The molecule has 2 aromatic carbocycles. The fourth-order valence-electron chi connectivity index (χ4n) is 1.91. The van der Waals surface area contributed by atoms with Crippen molar-refractivity contribution in [3.8, 4) is 11.5 Å². The summed E-state index contributed by atoms with van der Waals surface area (Å²) >= 11 is 0. The molecule has 8 heteroatoms. The molecule has 0 bridgehead atoms. The van der Waals surface area contributed by atoms with Crippen LogP contribution in [0.2, 0.25) is 0 Å². The van der Waals surface area contributed by atoms with E-state index in [1.165, 1.54) is 24.3 Å². The molecule has 2 rings (SSSR count). The molecule has 0 radical (unpaired) electrons. The van der Waals surface area contributed by atoms with Crippen LogP contribution in [0.1, 0.15) is 15.9 Å². The molecule has 122 valence electrons. The highest BCUT2D eigenvalue weighted by atomic mass is 16.5. The van der Waals surface area contributed by atoms with Gasteiger partial charge in [-0.3, -0.25) is 9.59 Å². The highest BCUT2D eigenvalue weighted by Gasteiger charge is 2.08. The molecule has 0 atom stereocenters. The number of carboxylic acids is 1. The first kappa shape index (κ1) is 16.8. The van der Waals surface area contributed by atoms with Crippen LogP contribution < -0.4 is 9.47 Å². The number of ether oxygens (including phenoxy) is 2. The summed E-state index contributed by atoms with van der Waals surface area (Å²) in [6.07, 6.45) is 0. The van der Waals surface area contributed by atoms with Gasteiger partial charge in [0, 0.05) is 12.1 Å². The highest BCUT2D eigenvalue weighted by Crippen LogP contribution is 2.27. The summed E-state index contributed by atoms with van der Waals surface area (Å²) in [6, 6.07) is 8.68. The second-order valence-electron chi connectivity index (χ2n) is 4.65. The number of azo groups is 1. The quantitative estimate of drug-likeness (QED) is 0.616. The van der Waals surface area contributed by atoms with Gasteiger partial charge < -0.3 is 14.6 Å². The van der Waals surface area contributed by atoms with E-state index in [9.17, 15) is 14.4 Å². The number of hydrogen-bond donors (Lipinski definition) is 1. The van der Waals surface area contributed by atoms with Crippen LogP contribution in [-0.4, -0.2) is 24.0 Å². The Bertz CT molecular complexity index is 816. The molecular weight excluding hydrogens is 316 g/mol. The molecule has 8 nitrogen and oxygen atoms in total. The van der Waals surface area contributed by atoms with E-state index in [1.807, 2.05) is 0 Å². The molecule has 2 aromatic rings. The lowest BCUT2D eigenvalue weighted by Gasteiger charge is -2.03. The molecule has 0 unspecified atom stereocenters. The van der Waals surface area contributed by atoms with Crippen LogP contribution in [0.15, 0.2) is 46.6 Å². The second kappa shape index (κ2) is 7.63. The van der Waals surface area contributed by atoms with E-state index < -0.39 is 5.97 Å². The third-order valence-electron chi connectivity index (χ3n) is 2.82. The molecule has 0 saturated heterocycles. The van der Waals surface area contributed by atoms with Gasteiger partial charge in [0.25, 0.3) is 12.9 Å². The Kier molecular flexibility index (Phi) is 5.35. The van der Waals surface area contributed by atoms with Gasteiger partial charge in [0.15, 0.2) is 0 Å². The maximum absolute atomic E-state index is 11.1. The lowest BCUT2D eigenvalue weighted by atomic mass is 10.2. The number of nitrogens with zero attached hydrogens (tertiary/aromatic N) is 2. The van der Waals surface area contributed by atoms with Gasteiger partial charge in [-0.25, -0.2) is 4.79 Å². The van der Waals surface area contributed by atoms with Crippen molar-refractivity contribution >= 4 is 30.3 Å². The topological polar surface area (TPSA) is 115 Å². The van der Waals surface area contributed by atoms with Gasteiger partial charge in [-0.2, -0.15) is 10.2 Å². The van der Waals surface area contributed by atoms with Gasteiger partial charge in [-0.05, 0) is 36.8 Å². The molecular formula is C16H12N2O6. The van der Waals surface area contributed by atoms with Gasteiger partial charge in [0.1, 0.15) is 11.5 Å². The molecule has 0 aromatic heterocycles. The zero-order valence-electron chi connectivity index (χ0n) is 12.5. The second-order valence-corrected chi connectivity index (χ2v) is 4.65. The molecule has 0 aliphatic heterocycles. The van der Waals surface area contributed by atoms with Crippen LogP contribution >= 0.6 is 0 Å². The van der Waals surface area contributed by atoms with E-state index in [4.69, 9.17) is 9.84 Å². The zero-order chi connectivity index (χ0) is 17.5. The summed E-state index contributed by atoms with van der Waals surface area (Å²) in [4.78, 5) is 31.9. The smallest absolute Gasteiger partial charge is 0.335 e. The number of benzene rings is 2. The minimum absolute atomic E-state index is 0.0352. The number of hydrogen-bond acceptors (Lipinski definition) is 7. The van der Waals surface area contributed by atoms with E-state index >= 15 is 0 Å². The summed E-state index contributed by atoms with van der Waals surface area (Å²) in [5, 5.41) is 17.0. The summed E-state index contributed by atoms with van der Waals surface area (Å²) in [5.41, 5.74) is 1.29. The highest BCUT2D eigenvalue weighted by molar-refractivity contribution is 5.89. The van der Waals surface area contributed by atoms with Crippen LogP contribution in [0.4, 0.5) is 11.4 Å². The van der Waals surface area contributed by atoms with Crippen molar-refractivity contribution in [2.45, 2.75) is 6.92 Å². The lowest BCUT2D eigenvalue weighted by molar-refractivity contribution is -0.121. The zero-order valence-corrected chi connectivity index (χ0v) is 12.5. The predicted octanol–water partition coefficient (Wildman–Crippen LogP) is 3.18. The monoisotopic (exact) mass is 328 g/mol. The predicted molar refractivity (Wildman–Crippen MR) is 82.1 cm³/mol. The van der Waals surface area contributed by atoms with Gasteiger partial charge in [-0.15, -0.1) is 0 Å². The van der Waals surface area contributed by atoms with Crippen molar-refractivity contribution in [2.24, 2.45) is 10.2 Å². The Hall–Kier alpha value is -3.55. The van der Waals surface area contributed by atoms with Crippen LogP contribution in [0, 0.1) is 6.92 Å². The third kappa shape index (κ3) is 4.47. The minimum atomic E-state index is -1.19. The van der Waals surface area contributed by atoms with Crippen molar-refractivity contribution in [3.05, 3.63) is 47.5 Å².